The molecule has 1 amide bonds. The van der Waals surface area contributed by atoms with Crippen molar-refractivity contribution < 1.29 is 9.32 Å². The summed E-state index contributed by atoms with van der Waals surface area (Å²) in [5, 5.41) is 3.44. The molecule has 0 aliphatic carbocycles. The molecular formula is C11H12N4O2. The van der Waals surface area contributed by atoms with Crippen LogP contribution in [0.25, 0.3) is 0 Å². The third-order valence-electron chi connectivity index (χ3n) is 2.28. The Bertz CT molecular complexity index is 509. The van der Waals surface area contributed by atoms with Crippen LogP contribution in [-0.4, -0.2) is 16.0 Å². The third kappa shape index (κ3) is 2.67. The van der Waals surface area contributed by atoms with E-state index >= 15 is 0 Å². The molecule has 0 fully saturated rings. The smallest absolute Gasteiger partial charge is 0.290 e. The fourth-order valence-corrected chi connectivity index (χ4v) is 1.44. The molecule has 6 nitrogen and oxygen atoms in total. The SMILES string of the molecule is NC(=O)c1noc(C(N)Cc2ccccc2)n1. The zero-order valence-electron chi connectivity index (χ0n) is 9.04. The average molecular weight is 232 g/mol. The summed E-state index contributed by atoms with van der Waals surface area (Å²) in [7, 11) is 0. The van der Waals surface area contributed by atoms with Crippen molar-refractivity contribution in [2.75, 3.05) is 0 Å². The summed E-state index contributed by atoms with van der Waals surface area (Å²) in [6.45, 7) is 0. The molecule has 4 N–H and O–H groups in total. The summed E-state index contributed by atoms with van der Waals surface area (Å²) in [4.78, 5) is 14.6. The van der Waals surface area contributed by atoms with E-state index < -0.39 is 11.9 Å². The Morgan fingerprint density at radius 2 is 2.06 bits per heavy atom. The van der Waals surface area contributed by atoms with Crippen LogP contribution in [0.15, 0.2) is 34.9 Å². The van der Waals surface area contributed by atoms with Crippen LogP contribution in [0.1, 0.15) is 28.1 Å². The summed E-state index contributed by atoms with van der Waals surface area (Å²) in [6, 6.07) is 9.22. The lowest BCUT2D eigenvalue weighted by molar-refractivity contribution is 0.0987. The molecule has 1 aromatic heterocycles. The number of hydrogen-bond acceptors (Lipinski definition) is 5. The van der Waals surface area contributed by atoms with Crippen LogP contribution in [0.5, 0.6) is 0 Å². The molecule has 88 valence electrons. The van der Waals surface area contributed by atoms with Crippen LogP contribution in [0, 0.1) is 0 Å². The monoisotopic (exact) mass is 232 g/mol. The first-order chi connectivity index (χ1) is 8.16. The minimum absolute atomic E-state index is 0.150. The number of nitrogens with zero attached hydrogens (tertiary/aromatic N) is 2. The Labute approximate surface area is 97.6 Å². The number of benzene rings is 1. The molecule has 0 aliphatic heterocycles. The topological polar surface area (TPSA) is 108 Å². The van der Waals surface area contributed by atoms with Gasteiger partial charge in [0.2, 0.25) is 5.89 Å². The standard InChI is InChI=1S/C11H12N4O2/c12-8(6-7-4-2-1-3-5-7)11-14-10(9(13)16)15-17-11/h1-5,8H,6,12H2,(H2,13,16). The number of primary amides is 1. The van der Waals surface area contributed by atoms with E-state index in [0.29, 0.717) is 6.42 Å². The zero-order valence-corrected chi connectivity index (χ0v) is 9.04. The fraction of sp³-hybridized carbons (Fsp3) is 0.182. The van der Waals surface area contributed by atoms with Crippen molar-refractivity contribution in [2.24, 2.45) is 11.5 Å². The molecule has 2 aromatic rings. The highest BCUT2D eigenvalue weighted by Crippen LogP contribution is 2.13. The molecule has 1 atom stereocenters. The number of rotatable bonds is 4. The lowest BCUT2D eigenvalue weighted by atomic mass is 10.1. The molecule has 0 spiro atoms. The van der Waals surface area contributed by atoms with E-state index in [0.717, 1.165) is 5.56 Å². The highest BCUT2D eigenvalue weighted by Gasteiger charge is 2.17. The van der Waals surface area contributed by atoms with Crippen LogP contribution >= 0.6 is 0 Å². The van der Waals surface area contributed by atoms with Crippen molar-refractivity contribution in [3.05, 3.63) is 47.6 Å². The van der Waals surface area contributed by atoms with Gasteiger partial charge in [-0.3, -0.25) is 4.79 Å². The van der Waals surface area contributed by atoms with E-state index in [9.17, 15) is 4.79 Å². The lowest BCUT2D eigenvalue weighted by Crippen LogP contribution is -2.16. The summed E-state index contributed by atoms with van der Waals surface area (Å²) < 4.78 is 4.87. The van der Waals surface area contributed by atoms with Gasteiger partial charge in [-0.25, -0.2) is 0 Å². The van der Waals surface area contributed by atoms with Crippen molar-refractivity contribution in [2.45, 2.75) is 12.5 Å². The highest BCUT2D eigenvalue weighted by atomic mass is 16.5. The number of aromatic nitrogens is 2. The van der Waals surface area contributed by atoms with Gasteiger partial charge in [-0.2, -0.15) is 4.98 Å². The number of carbonyl (C=O) groups excluding carboxylic acids is 1. The predicted molar refractivity (Wildman–Crippen MR) is 59.9 cm³/mol. The van der Waals surface area contributed by atoms with E-state index in [1.807, 2.05) is 30.3 Å². The summed E-state index contributed by atoms with van der Waals surface area (Å²) in [5.41, 5.74) is 12.0. The van der Waals surface area contributed by atoms with Gasteiger partial charge < -0.3 is 16.0 Å². The molecule has 1 aromatic carbocycles. The molecule has 0 saturated carbocycles. The Balaban J connectivity index is 2.09. The van der Waals surface area contributed by atoms with Gasteiger partial charge in [-0.15, -0.1) is 0 Å². The van der Waals surface area contributed by atoms with Crippen molar-refractivity contribution in [1.29, 1.82) is 0 Å². The minimum atomic E-state index is -0.730. The maximum absolute atomic E-state index is 10.8. The van der Waals surface area contributed by atoms with Crippen molar-refractivity contribution in [3.63, 3.8) is 0 Å². The van der Waals surface area contributed by atoms with Gasteiger partial charge in [0.25, 0.3) is 11.7 Å². The molecule has 2 rings (SSSR count). The molecule has 0 aliphatic rings. The zero-order chi connectivity index (χ0) is 12.3. The normalized spacial score (nSPS) is 12.3. The number of carbonyl (C=O) groups is 1. The molecular weight excluding hydrogens is 220 g/mol. The second-order valence-electron chi connectivity index (χ2n) is 3.62. The molecule has 17 heavy (non-hydrogen) atoms. The second kappa shape index (κ2) is 4.75. The quantitative estimate of drug-likeness (QED) is 0.793. The Kier molecular flexibility index (Phi) is 3.15. The number of nitrogens with two attached hydrogens (primary N) is 2. The summed E-state index contributed by atoms with van der Waals surface area (Å²) in [5.74, 6) is -0.668. The van der Waals surface area contributed by atoms with Gasteiger partial charge in [0.05, 0.1) is 6.04 Å². The first-order valence-corrected chi connectivity index (χ1v) is 5.09. The van der Waals surface area contributed by atoms with E-state index in [4.69, 9.17) is 16.0 Å². The molecule has 0 saturated heterocycles. The molecule has 6 heteroatoms. The molecule has 1 unspecified atom stereocenters. The number of hydrogen-bond donors (Lipinski definition) is 2. The van der Waals surface area contributed by atoms with E-state index in [1.54, 1.807) is 0 Å². The van der Waals surface area contributed by atoms with Crippen LogP contribution in [0.4, 0.5) is 0 Å². The fourth-order valence-electron chi connectivity index (χ4n) is 1.44. The minimum Gasteiger partial charge on any atom is -0.363 e. The Hall–Kier alpha value is -2.21. The van der Waals surface area contributed by atoms with E-state index in [-0.39, 0.29) is 11.7 Å². The van der Waals surface area contributed by atoms with Gasteiger partial charge in [-0.05, 0) is 12.0 Å². The maximum Gasteiger partial charge on any atom is 0.290 e. The first kappa shape index (κ1) is 11.3. The molecule has 0 radical (unpaired) electrons. The van der Waals surface area contributed by atoms with Gasteiger partial charge >= 0.3 is 0 Å². The third-order valence-corrected chi connectivity index (χ3v) is 2.28. The van der Waals surface area contributed by atoms with Crippen LogP contribution in [0.3, 0.4) is 0 Å². The summed E-state index contributed by atoms with van der Waals surface area (Å²) >= 11 is 0. The van der Waals surface area contributed by atoms with Crippen molar-refractivity contribution in [1.82, 2.24) is 10.1 Å². The highest BCUT2D eigenvalue weighted by molar-refractivity contribution is 5.88. The largest absolute Gasteiger partial charge is 0.363 e. The van der Waals surface area contributed by atoms with E-state index in [1.165, 1.54) is 0 Å². The predicted octanol–water partition coefficient (Wildman–Crippen LogP) is 0.411. The van der Waals surface area contributed by atoms with Crippen LogP contribution in [-0.2, 0) is 6.42 Å². The first-order valence-electron chi connectivity index (χ1n) is 5.09. The van der Waals surface area contributed by atoms with Crippen LogP contribution in [0.2, 0.25) is 0 Å². The van der Waals surface area contributed by atoms with Crippen molar-refractivity contribution in [3.8, 4) is 0 Å². The molecule has 0 bridgehead atoms. The van der Waals surface area contributed by atoms with Gasteiger partial charge in [0.1, 0.15) is 0 Å². The van der Waals surface area contributed by atoms with Gasteiger partial charge in [0, 0.05) is 0 Å². The molecule has 1 heterocycles. The van der Waals surface area contributed by atoms with Gasteiger partial charge in [0.15, 0.2) is 0 Å². The average Bonchev–Trinajstić information content (AvgIpc) is 2.79. The maximum atomic E-state index is 10.8. The van der Waals surface area contributed by atoms with Crippen molar-refractivity contribution >= 4 is 5.91 Å². The second-order valence-corrected chi connectivity index (χ2v) is 3.62. The van der Waals surface area contributed by atoms with Crippen LogP contribution < -0.4 is 11.5 Å². The lowest BCUT2D eigenvalue weighted by Gasteiger charge is -2.05. The summed E-state index contributed by atoms with van der Waals surface area (Å²) in [6.07, 6.45) is 0.557. The van der Waals surface area contributed by atoms with Gasteiger partial charge in [-0.1, -0.05) is 35.5 Å². The van der Waals surface area contributed by atoms with E-state index in [2.05, 4.69) is 10.1 Å². The number of amides is 1. The Morgan fingerprint density at radius 3 is 2.65 bits per heavy atom. The Morgan fingerprint density at radius 1 is 1.35 bits per heavy atom.